The Morgan fingerprint density at radius 3 is 2.55 bits per heavy atom. The number of benzene rings is 1. The molecule has 2 fully saturated rings. The monoisotopic (exact) mass is 276 g/mol. The Morgan fingerprint density at radius 1 is 1.30 bits per heavy atom. The van der Waals surface area contributed by atoms with E-state index in [4.69, 9.17) is 0 Å². The topological polar surface area (TPSA) is 32.3 Å². The maximum absolute atomic E-state index is 13.4. The Labute approximate surface area is 119 Å². The Kier molecular flexibility index (Phi) is 3.28. The van der Waals surface area contributed by atoms with Crippen molar-refractivity contribution in [1.82, 2.24) is 10.2 Å². The van der Waals surface area contributed by atoms with Crippen molar-refractivity contribution in [1.29, 1.82) is 0 Å². The van der Waals surface area contributed by atoms with Crippen LogP contribution in [0, 0.1) is 17.7 Å². The fraction of sp³-hybridized carbons (Fsp3) is 0.562. The number of halogens is 1. The average molecular weight is 276 g/mol. The molecule has 1 N–H and O–H groups in total. The highest BCUT2D eigenvalue weighted by atomic mass is 19.1. The van der Waals surface area contributed by atoms with Crippen molar-refractivity contribution >= 4 is 5.91 Å². The van der Waals surface area contributed by atoms with Gasteiger partial charge >= 0.3 is 0 Å². The summed E-state index contributed by atoms with van der Waals surface area (Å²) in [5, 5.41) is 3.37. The molecule has 1 aromatic carbocycles. The molecule has 2 atom stereocenters. The Bertz CT molecular complexity index is 517. The zero-order chi connectivity index (χ0) is 14.3. The molecule has 108 valence electrons. The number of amides is 1. The molecule has 2 aliphatic heterocycles. The highest BCUT2D eigenvalue weighted by Crippen LogP contribution is 2.32. The van der Waals surface area contributed by atoms with Crippen molar-refractivity contribution in [2.45, 2.75) is 19.3 Å². The van der Waals surface area contributed by atoms with E-state index in [1.165, 1.54) is 12.1 Å². The van der Waals surface area contributed by atoms with E-state index < -0.39 is 5.41 Å². The molecule has 0 radical (unpaired) electrons. The molecule has 0 saturated carbocycles. The van der Waals surface area contributed by atoms with Crippen molar-refractivity contribution in [2.75, 3.05) is 26.2 Å². The first-order valence-electron chi connectivity index (χ1n) is 7.24. The maximum Gasteiger partial charge on any atom is 0.232 e. The van der Waals surface area contributed by atoms with Crippen LogP contribution in [-0.2, 0) is 10.2 Å². The molecule has 0 aromatic heterocycles. The lowest BCUT2D eigenvalue weighted by molar-refractivity contribution is -0.135. The summed E-state index contributed by atoms with van der Waals surface area (Å²) in [6.07, 6.45) is 0. The standard InChI is InChI=1S/C16H21FN2O/c1-16(2,13-4-3-5-14(17)6-13)15(20)19-9-11-7-18-8-12(11)10-19/h3-6,11-12,18H,7-10H2,1-2H3/t11-,12+. The summed E-state index contributed by atoms with van der Waals surface area (Å²) in [6.45, 7) is 7.45. The molecule has 0 aliphatic carbocycles. The zero-order valence-corrected chi connectivity index (χ0v) is 12.0. The fourth-order valence-corrected chi connectivity index (χ4v) is 3.42. The molecule has 20 heavy (non-hydrogen) atoms. The summed E-state index contributed by atoms with van der Waals surface area (Å²) in [4.78, 5) is 14.8. The number of carbonyl (C=O) groups excluding carboxylic acids is 1. The SMILES string of the molecule is CC(C)(C(=O)N1C[C@H]2CNC[C@H]2C1)c1cccc(F)c1. The van der Waals surface area contributed by atoms with Gasteiger partial charge < -0.3 is 10.2 Å². The number of nitrogens with one attached hydrogen (secondary N) is 1. The molecule has 2 aliphatic rings. The molecule has 0 spiro atoms. The van der Waals surface area contributed by atoms with Gasteiger partial charge in [-0.3, -0.25) is 4.79 Å². The highest BCUT2D eigenvalue weighted by Gasteiger charge is 2.42. The van der Waals surface area contributed by atoms with Gasteiger partial charge in [0.1, 0.15) is 5.82 Å². The van der Waals surface area contributed by atoms with E-state index in [-0.39, 0.29) is 11.7 Å². The molecule has 3 rings (SSSR count). The molecule has 4 heteroatoms. The van der Waals surface area contributed by atoms with Crippen molar-refractivity contribution in [3.63, 3.8) is 0 Å². The van der Waals surface area contributed by atoms with E-state index >= 15 is 0 Å². The predicted molar refractivity (Wildman–Crippen MR) is 75.9 cm³/mol. The third kappa shape index (κ3) is 2.22. The van der Waals surface area contributed by atoms with Gasteiger partial charge in [0.15, 0.2) is 0 Å². The molecule has 3 nitrogen and oxygen atoms in total. The van der Waals surface area contributed by atoms with Crippen molar-refractivity contribution in [3.8, 4) is 0 Å². The zero-order valence-electron chi connectivity index (χ0n) is 12.0. The minimum absolute atomic E-state index is 0.109. The van der Waals surface area contributed by atoms with Gasteiger partial charge in [0, 0.05) is 26.2 Å². The Balaban J connectivity index is 1.79. The number of hydrogen-bond donors (Lipinski definition) is 1. The lowest BCUT2D eigenvalue weighted by Gasteiger charge is -2.30. The quantitative estimate of drug-likeness (QED) is 0.893. The molecule has 1 amide bonds. The highest BCUT2D eigenvalue weighted by molar-refractivity contribution is 5.87. The summed E-state index contributed by atoms with van der Waals surface area (Å²) in [5.74, 6) is 0.993. The van der Waals surface area contributed by atoms with E-state index in [0.29, 0.717) is 11.8 Å². The third-order valence-electron chi connectivity index (χ3n) is 4.76. The first-order chi connectivity index (χ1) is 9.48. The number of carbonyl (C=O) groups is 1. The number of hydrogen-bond acceptors (Lipinski definition) is 2. The summed E-state index contributed by atoms with van der Waals surface area (Å²) in [5.41, 5.74) is 0.0754. The summed E-state index contributed by atoms with van der Waals surface area (Å²) in [7, 11) is 0. The van der Waals surface area contributed by atoms with Crippen LogP contribution in [0.2, 0.25) is 0 Å². The minimum Gasteiger partial charge on any atom is -0.341 e. The van der Waals surface area contributed by atoms with Crippen LogP contribution in [0.1, 0.15) is 19.4 Å². The van der Waals surface area contributed by atoms with Crippen molar-refractivity contribution < 1.29 is 9.18 Å². The smallest absolute Gasteiger partial charge is 0.232 e. The van der Waals surface area contributed by atoms with Crippen LogP contribution in [0.3, 0.4) is 0 Å². The second-order valence-electron chi connectivity index (χ2n) is 6.52. The minimum atomic E-state index is -0.672. The molecular weight excluding hydrogens is 255 g/mol. The van der Waals surface area contributed by atoms with E-state index in [9.17, 15) is 9.18 Å². The molecular formula is C16H21FN2O. The number of nitrogens with zero attached hydrogens (tertiary/aromatic N) is 1. The number of likely N-dealkylation sites (tertiary alicyclic amines) is 1. The van der Waals surface area contributed by atoms with E-state index in [1.54, 1.807) is 6.07 Å². The van der Waals surface area contributed by atoms with Gasteiger partial charge in [-0.25, -0.2) is 4.39 Å². The number of fused-ring (bicyclic) bond motifs is 1. The van der Waals surface area contributed by atoms with Crippen LogP contribution in [0.5, 0.6) is 0 Å². The van der Waals surface area contributed by atoms with Gasteiger partial charge in [0.25, 0.3) is 0 Å². The fourth-order valence-electron chi connectivity index (χ4n) is 3.42. The van der Waals surface area contributed by atoms with Gasteiger partial charge in [0.05, 0.1) is 5.41 Å². The largest absolute Gasteiger partial charge is 0.341 e. The van der Waals surface area contributed by atoms with Crippen LogP contribution in [0.25, 0.3) is 0 Å². The third-order valence-corrected chi connectivity index (χ3v) is 4.76. The lowest BCUT2D eigenvalue weighted by atomic mass is 9.83. The average Bonchev–Trinajstić information content (AvgIpc) is 2.98. The van der Waals surface area contributed by atoms with Crippen LogP contribution in [0.4, 0.5) is 4.39 Å². The normalized spacial score (nSPS) is 25.9. The van der Waals surface area contributed by atoms with Crippen LogP contribution in [-0.4, -0.2) is 37.0 Å². The van der Waals surface area contributed by atoms with E-state index in [0.717, 1.165) is 31.7 Å². The van der Waals surface area contributed by atoms with Gasteiger partial charge in [-0.2, -0.15) is 0 Å². The predicted octanol–water partition coefficient (Wildman–Crippen LogP) is 1.78. The first kappa shape index (κ1) is 13.6. The van der Waals surface area contributed by atoms with Gasteiger partial charge in [0.2, 0.25) is 5.91 Å². The second kappa shape index (κ2) is 4.85. The molecule has 0 bridgehead atoms. The molecule has 2 saturated heterocycles. The second-order valence-corrected chi connectivity index (χ2v) is 6.52. The molecule has 0 unspecified atom stereocenters. The summed E-state index contributed by atoms with van der Waals surface area (Å²) < 4.78 is 13.4. The van der Waals surface area contributed by atoms with Crippen LogP contribution in [0.15, 0.2) is 24.3 Å². The first-order valence-corrected chi connectivity index (χ1v) is 7.24. The van der Waals surface area contributed by atoms with Crippen LogP contribution >= 0.6 is 0 Å². The lowest BCUT2D eigenvalue weighted by Crippen LogP contribution is -2.43. The van der Waals surface area contributed by atoms with E-state index in [2.05, 4.69) is 5.32 Å². The molecule has 2 heterocycles. The summed E-state index contributed by atoms with van der Waals surface area (Å²) in [6, 6.07) is 6.38. The maximum atomic E-state index is 13.4. The van der Waals surface area contributed by atoms with Crippen molar-refractivity contribution in [3.05, 3.63) is 35.6 Å². The molecule has 1 aromatic rings. The number of rotatable bonds is 2. The van der Waals surface area contributed by atoms with Gasteiger partial charge in [-0.05, 0) is 43.4 Å². The van der Waals surface area contributed by atoms with Crippen LogP contribution < -0.4 is 5.32 Å². The Morgan fingerprint density at radius 2 is 1.95 bits per heavy atom. The van der Waals surface area contributed by atoms with Gasteiger partial charge in [-0.15, -0.1) is 0 Å². The van der Waals surface area contributed by atoms with E-state index in [1.807, 2.05) is 24.8 Å². The Hall–Kier alpha value is -1.42. The van der Waals surface area contributed by atoms with Crippen molar-refractivity contribution in [2.24, 2.45) is 11.8 Å². The van der Waals surface area contributed by atoms with Gasteiger partial charge in [-0.1, -0.05) is 12.1 Å². The summed E-state index contributed by atoms with van der Waals surface area (Å²) >= 11 is 0.